The van der Waals surface area contributed by atoms with Crippen molar-refractivity contribution in [2.75, 3.05) is 13.2 Å². The third-order valence-electron chi connectivity index (χ3n) is 2.23. The van der Waals surface area contributed by atoms with Crippen LogP contribution in [0.25, 0.3) is 0 Å². The summed E-state index contributed by atoms with van der Waals surface area (Å²) in [6.45, 7) is 3.96. The average Bonchev–Trinajstić information content (AvgIpc) is 2.38. The number of hydrogen-bond acceptors (Lipinski definition) is 4. The molecule has 0 aliphatic rings. The van der Waals surface area contributed by atoms with Crippen molar-refractivity contribution in [1.82, 2.24) is 0 Å². The van der Waals surface area contributed by atoms with Gasteiger partial charge in [0.05, 0.1) is 24.3 Å². The van der Waals surface area contributed by atoms with Crippen LogP contribution < -0.4 is 0 Å². The Morgan fingerprint density at radius 3 is 2.11 bits per heavy atom. The molecule has 0 aliphatic heterocycles. The van der Waals surface area contributed by atoms with Crippen LogP contribution in [0.5, 0.6) is 0 Å². The molecular weight excluding hydrogens is 300 g/mol. The average molecular weight is 315 g/mol. The molecule has 1 aromatic carbocycles. The summed E-state index contributed by atoms with van der Waals surface area (Å²) >= 11 is 3.30. The van der Waals surface area contributed by atoms with Crippen molar-refractivity contribution in [3.8, 4) is 0 Å². The minimum atomic E-state index is -0.512. The van der Waals surface area contributed by atoms with Gasteiger partial charge < -0.3 is 9.47 Å². The number of esters is 2. The van der Waals surface area contributed by atoms with E-state index in [9.17, 15) is 9.59 Å². The van der Waals surface area contributed by atoms with E-state index >= 15 is 0 Å². The maximum atomic E-state index is 11.8. The van der Waals surface area contributed by atoms with Gasteiger partial charge in [0.1, 0.15) is 0 Å². The van der Waals surface area contributed by atoms with Gasteiger partial charge in [0.15, 0.2) is 0 Å². The van der Waals surface area contributed by atoms with Gasteiger partial charge in [-0.1, -0.05) is 22.0 Å². The van der Waals surface area contributed by atoms with Crippen molar-refractivity contribution < 1.29 is 19.1 Å². The van der Waals surface area contributed by atoms with Gasteiger partial charge in [-0.05, 0) is 31.5 Å². The van der Waals surface area contributed by atoms with Crippen LogP contribution in [-0.2, 0) is 14.8 Å². The highest BCUT2D eigenvalue weighted by atomic mass is 79.9. The Morgan fingerprint density at radius 2 is 1.61 bits per heavy atom. The van der Waals surface area contributed by atoms with Crippen molar-refractivity contribution in [3.63, 3.8) is 0 Å². The lowest BCUT2D eigenvalue weighted by Crippen LogP contribution is -2.14. The molecule has 0 bridgehead atoms. The standard InChI is InChI=1S/C13H15BrO4/c1-3-17-12(15)10-6-5-9(8-14)7-11(10)13(16)18-4-2/h5-7H,3-4,8H2,1-2H3. The van der Waals surface area contributed by atoms with E-state index in [-0.39, 0.29) is 24.3 Å². The molecule has 98 valence electrons. The molecule has 0 aromatic heterocycles. The molecule has 0 N–H and O–H groups in total. The summed E-state index contributed by atoms with van der Waals surface area (Å²) in [5, 5.41) is 0.600. The first-order chi connectivity index (χ1) is 8.63. The first-order valence-corrected chi connectivity index (χ1v) is 6.79. The Bertz CT molecular complexity index is 443. The maximum absolute atomic E-state index is 11.8. The number of carbonyl (C=O) groups is 2. The maximum Gasteiger partial charge on any atom is 0.339 e. The SMILES string of the molecule is CCOC(=O)c1ccc(CBr)cc1C(=O)OCC. The van der Waals surface area contributed by atoms with E-state index in [0.29, 0.717) is 5.33 Å². The molecule has 0 unspecified atom stereocenters. The van der Waals surface area contributed by atoms with Crippen molar-refractivity contribution in [2.45, 2.75) is 19.2 Å². The van der Waals surface area contributed by atoms with E-state index in [4.69, 9.17) is 9.47 Å². The lowest BCUT2D eigenvalue weighted by Gasteiger charge is -2.09. The monoisotopic (exact) mass is 314 g/mol. The Hall–Kier alpha value is -1.36. The highest BCUT2D eigenvalue weighted by molar-refractivity contribution is 9.08. The van der Waals surface area contributed by atoms with Gasteiger partial charge in [0.2, 0.25) is 0 Å². The van der Waals surface area contributed by atoms with Gasteiger partial charge in [-0.15, -0.1) is 0 Å². The molecule has 0 heterocycles. The largest absolute Gasteiger partial charge is 0.462 e. The van der Waals surface area contributed by atoms with Crippen molar-refractivity contribution in [3.05, 3.63) is 34.9 Å². The van der Waals surface area contributed by atoms with Gasteiger partial charge in [0.25, 0.3) is 0 Å². The van der Waals surface area contributed by atoms with Crippen molar-refractivity contribution in [2.24, 2.45) is 0 Å². The fourth-order valence-electron chi connectivity index (χ4n) is 1.44. The molecule has 4 nitrogen and oxygen atoms in total. The van der Waals surface area contributed by atoms with Gasteiger partial charge in [-0.25, -0.2) is 9.59 Å². The van der Waals surface area contributed by atoms with Crippen LogP contribution >= 0.6 is 15.9 Å². The molecule has 1 aromatic rings. The predicted molar refractivity (Wildman–Crippen MR) is 71.0 cm³/mol. The molecule has 0 amide bonds. The highest BCUT2D eigenvalue weighted by Gasteiger charge is 2.19. The summed E-state index contributed by atoms with van der Waals surface area (Å²) in [7, 11) is 0. The smallest absolute Gasteiger partial charge is 0.339 e. The number of benzene rings is 1. The van der Waals surface area contributed by atoms with Crippen LogP contribution in [0.4, 0.5) is 0 Å². The zero-order chi connectivity index (χ0) is 13.5. The van der Waals surface area contributed by atoms with E-state index in [1.54, 1.807) is 32.0 Å². The summed E-state index contributed by atoms with van der Waals surface area (Å²) < 4.78 is 9.85. The molecule has 0 atom stereocenters. The Morgan fingerprint density at radius 1 is 1.06 bits per heavy atom. The van der Waals surface area contributed by atoms with E-state index < -0.39 is 11.9 Å². The third-order valence-corrected chi connectivity index (χ3v) is 2.88. The minimum Gasteiger partial charge on any atom is -0.462 e. The number of alkyl halides is 1. The normalized spacial score (nSPS) is 9.94. The number of ether oxygens (including phenoxy) is 2. The van der Waals surface area contributed by atoms with Crippen molar-refractivity contribution >= 4 is 27.9 Å². The summed E-state index contributed by atoms with van der Waals surface area (Å²) in [5.74, 6) is -1.02. The molecule has 18 heavy (non-hydrogen) atoms. The van der Waals surface area contributed by atoms with Crippen LogP contribution in [0.3, 0.4) is 0 Å². The Labute approximate surface area is 114 Å². The summed E-state index contributed by atoms with van der Waals surface area (Å²) in [5.41, 5.74) is 1.37. The quantitative estimate of drug-likeness (QED) is 0.619. The van der Waals surface area contributed by atoms with Crippen molar-refractivity contribution in [1.29, 1.82) is 0 Å². The first-order valence-electron chi connectivity index (χ1n) is 5.67. The molecule has 0 aliphatic carbocycles. The van der Waals surface area contributed by atoms with Crippen LogP contribution in [0.1, 0.15) is 40.1 Å². The van der Waals surface area contributed by atoms with Gasteiger partial charge in [-0.3, -0.25) is 0 Å². The third kappa shape index (κ3) is 3.57. The van der Waals surface area contributed by atoms with Gasteiger partial charge >= 0.3 is 11.9 Å². The lowest BCUT2D eigenvalue weighted by atomic mass is 10.0. The molecule has 0 saturated heterocycles. The molecule has 0 saturated carbocycles. The first kappa shape index (κ1) is 14.7. The lowest BCUT2D eigenvalue weighted by molar-refractivity contribution is 0.0479. The Balaban J connectivity index is 3.15. The number of hydrogen-bond donors (Lipinski definition) is 0. The van der Waals surface area contributed by atoms with Gasteiger partial charge in [0, 0.05) is 5.33 Å². The predicted octanol–water partition coefficient (Wildman–Crippen LogP) is 2.93. The summed E-state index contributed by atoms with van der Waals surface area (Å²) in [6, 6.07) is 4.99. The van der Waals surface area contributed by atoms with E-state index in [1.165, 1.54) is 0 Å². The highest BCUT2D eigenvalue weighted by Crippen LogP contribution is 2.17. The molecule has 0 fully saturated rings. The van der Waals surface area contributed by atoms with Crippen LogP contribution in [-0.4, -0.2) is 25.2 Å². The van der Waals surface area contributed by atoms with Gasteiger partial charge in [-0.2, -0.15) is 0 Å². The summed E-state index contributed by atoms with van der Waals surface area (Å²) in [4.78, 5) is 23.5. The van der Waals surface area contributed by atoms with Crippen LogP contribution in [0, 0.1) is 0 Å². The second kappa shape index (κ2) is 7.16. The summed E-state index contributed by atoms with van der Waals surface area (Å²) in [6.07, 6.45) is 0. The topological polar surface area (TPSA) is 52.6 Å². The minimum absolute atomic E-state index is 0.236. The Kier molecular flexibility index (Phi) is 5.85. The number of carbonyl (C=O) groups excluding carboxylic acids is 2. The second-order valence-electron chi connectivity index (χ2n) is 3.45. The molecule has 5 heteroatoms. The van der Waals surface area contributed by atoms with E-state index in [1.807, 2.05) is 0 Å². The zero-order valence-corrected chi connectivity index (χ0v) is 12.0. The van der Waals surface area contributed by atoms with Crippen LogP contribution in [0.2, 0.25) is 0 Å². The zero-order valence-electron chi connectivity index (χ0n) is 10.4. The fraction of sp³-hybridized carbons (Fsp3) is 0.385. The molecule has 0 spiro atoms. The second-order valence-corrected chi connectivity index (χ2v) is 4.02. The molecule has 0 radical (unpaired) electrons. The molecular formula is C13H15BrO4. The van der Waals surface area contributed by atoms with E-state index in [0.717, 1.165) is 5.56 Å². The molecule has 1 rings (SSSR count). The fourth-order valence-corrected chi connectivity index (χ4v) is 1.79. The van der Waals surface area contributed by atoms with Crippen LogP contribution in [0.15, 0.2) is 18.2 Å². The number of halogens is 1. The van der Waals surface area contributed by atoms with E-state index in [2.05, 4.69) is 15.9 Å². The number of rotatable bonds is 5.